The molecule has 0 saturated heterocycles. The lowest BCUT2D eigenvalue weighted by Crippen LogP contribution is -2.13. The zero-order chi connectivity index (χ0) is 16.4. The lowest BCUT2D eigenvalue weighted by Gasteiger charge is -2.13. The molecule has 0 amide bonds. The van der Waals surface area contributed by atoms with Crippen molar-refractivity contribution in [3.05, 3.63) is 70.9 Å². The maximum Gasteiger partial charge on any atom is 0.229 e. The van der Waals surface area contributed by atoms with Crippen LogP contribution < -0.4 is 16.0 Å². The SMILES string of the molecule is Clc1cnc2nc1Nc1cccc(c1)CNCc1cccc(c1)N2. The van der Waals surface area contributed by atoms with Gasteiger partial charge in [-0.05, 0) is 35.4 Å². The first-order valence-corrected chi connectivity index (χ1v) is 8.09. The number of nitrogens with one attached hydrogen (secondary N) is 3. The number of fused-ring (bicyclic) bond motifs is 6. The van der Waals surface area contributed by atoms with Crippen LogP contribution in [0.3, 0.4) is 0 Å². The van der Waals surface area contributed by atoms with E-state index in [1.54, 1.807) is 6.20 Å². The fraction of sp³-hybridized carbons (Fsp3) is 0.111. The van der Waals surface area contributed by atoms with Crippen LogP contribution in [0.25, 0.3) is 0 Å². The fourth-order valence-corrected chi connectivity index (χ4v) is 2.79. The first kappa shape index (κ1) is 14.9. The molecular weight excluding hydrogens is 322 g/mol. The summed E-state index contributed by atoms with van der Waals surface area (Å²) in [6, 6.07) is 16.4. The van der Waals surface area contributed by atoms with Gasteiger partial charge in [0.2, 0.25) is 5.95 Å². The lowest BCUT2D eigenvalue weighted by atomic mass is 10.1. The second-order valence-corrected chi connectivity index (χ2v) is 6.05. The minimum Gasteiger partial charge on any atom is -0.339 e. The molecule has 2 aromatic carbocycles. The molecule has 0 spiro atoms. The molecular formula is C18H16ClN5. The van der Waals surface area contributed by atoms with E-state index in [1.165, 1.54) is 11.1 Å². The first-order chi connectivity index (χ1) is 11.8. The van der Waals surface area contributed by atoms with E-state index in [1.807, 2.05) is 24.3 Å². The quantitative estimate of drug-likeness (QED) is 0.573. The van der Waals surface area contributed by atoms with Crippen molar-refractivity contribution in [3.8, 4) is 0 Å². The number of anilines is 4. The predicted molar refractivity (Wildman–Crippen MR) is 97.0 cm³/mol. The summed E-state index contributed by atoms with van der Waals surface area (Å²) < 4.78 is 0. The number of rotatable bonds is 0. The molecule has 0 aliphatic carbocycles. The molecule has 0 atom stereocenters. The zero-order valence-corrected chi connectivity index (χ0v) is 13.6. The van der Waals surface area contributed by atoms with Gasteiger partial charge in [0.15, 0.2) is 5.82 Å². The van der Waals surface area contributed by atoms with Gasteiger partial charge in [-0.1, -0.05) is 35.9 Å². The van der Waals surface area contributed by atoms with E-state index in [-0.39, 0.29) is 0 Å². The van der Waals surface area contributed by atoms with Crippen molar-refractivity contribution < 1.29 is 0 Å². The van der Waals surface area contributed by atoms with Crippen LogP contribution in [-0.4, -0.2) is 9.97 Å². The molecule has 3 aromatic rings. The highest BCUT2D eigenvalue weighted by atomic mass is 35.5. The second kappa shape index (κ2) is 6.47. The molecule has 6 heteroatoms. The van der Waals surface area contributed by atoms with Gasteiger partial charge in [-0.15, -0.1) is 0 Å². The molecule has 0 unspecified atom stereocenters. The average Bonchev–Trinajstić information content (AvgIpc) is 2.58. The zero-order valence-electron chi connectivity index (χ0n) is 12.9. The van der Waals surface area contributed by atoms with E-state index >= 15 is 0 Å². The first-order valence-electron chi connectivity index (χ1n) is 7.71. The summed E-state index contributed by atoms with van der Waals surface area (Å²) in [6.07, 6.45) is 1.60. The Balaban J connectivity index is 1.77. The number of aromatic nitrogens is 2. The van der Waals surface area contributed by atoms with Gasteiger partial charge in [0.05, 0.1) is 6.20 Å². The van der Waals surface area contributed by atoms with E-state index in [2.05, 4.69) is 50.2 Å². The van der Waals surface area contributed by atoms with Crippen molar-refractivity contribution in [2.24, 2.45) is 0 Å². The van der Waals surface area contributed by atoms with Crippen LogP contribution in [0.15, 0.2) is 54.7 Å². The highest BCUT2D eigenvalue weighted by Crippen LogP contribution is 2.25. The topological polar surface area (TPSA) is 61.9 Å². The summed E-state index contributed by atoms with van der Waals surface area (Å²) in [7, 11) is 0. The van der Waals surface area contributed by atoms with Crippen molar-refractivity contribution in [1.29, 1.82) is 0 Å². The van der Waals surface area contributed by atoms with E-state index in [4.69, 9.17) is 11.6 Å². The molecule has 1 aliphatic heterocycles. The van der Waals surface area contributed by atoms with Crippen LogP contribution in [0.5, 0.6) is 0 Å². The third kappa shape index (κ3) is 3.32. The highest BCUT2D eigenvalue weighted by Gasteiger charge is 2.08. The number of benzene rings is 2. The predicted octanol–water partition coefficient (Wildman–Crippen LogP) is 4.22. The number of hydrogen-bond acceptors (Lipinski definition) is 5. The van der Waals surface area contributed by atoms with Gasteiger partial charge in [-0.2, -0.15) is 4.98 Å². The largest absolute Gasteiger partial charge is 0.339 e. The Morgan fingerprint density at radius 2 is 1.54 bits per heavy atom. The highest BCUT2D eigenvalue weighted by molar-refractivity contribution is 6.32. The van der Waals surface area contributed by atoms with E-state index < -0.39 is 0 Å². The normalized spacial score (nSPS) is 13.4. The Labute approximate surface area is 145 Å². The molecule has 120 valence electrons. The monoisotopic (exact) mass is 337 g/mol. The number of halogens is 1. The second-order valence-electron chi connectivity index (χ2n) is 5.64. The van der Waals surface area contributed by atoms with E-state index in [0.717, 1.165) is 24.5 Å². The molecule has 5 nitrogen and oxygen atoms in total. The molecule has 24 heavy (non-hydrogen) atoms. The van der Waals surface area contributed by atoms with Crippen LogP contribution >= 0.6 is 11.6 Å². The minimum atomic E-state index is 0.477. The van der Waals surface area contributed by atoms with Gasteiger partial charge in [0.25, 0.3) is 0 Å². The molecule has 6 bridgehead atoms. The Morgan fingerprint density at radius 1 is 0.875 bits per heavy atom. The van der Waals surface area contributed by atoms with Crippen LogP contribution in [0.4, 0.5) is 23.1 Å². The summed E-state index contributed by atoms with van der Waals surface area (Å²) in [5, 5.41) is 10.4. The molecule has 0 saturated carbocycles. The van der Waals surface area contributed by atoms with Gasteiger partial charge < -0.3 is 16.0 Å². The molecule has 3 N–H and O–H groups in total. The van der Waals surface area contributed by atoms with Crippen LogP contribution in [0.1, 0.15) is 11.1 Å². The Morgan fingerprint density at radius 3 is 2.25 bits per heavy atom. The van der Waals surface area contributed by atoms with Gasteiger partial charge in [-0.25, -0.2) is 4.98 Å². The Bertz CT molecular complexity index is 881. The summed E-state index contributed by atoms with van der Waals surface area (Å²) in [4.78, 5) is 8.74. The molecule has 1 aliphatic rings. The van der Waals surface area contributed by atoms with Crippen molar-refractivity contribution in [3.63, 3.8) is 0 Å². The summed E-state index contributed by atoms with van der Waals surface area (Å²) in [5.41, 5.74) is 4.27. The molecule has 2 heterocycles. The molecule has 0 fully saturated rings. The summed E-state index contributed by atoms with van der Waals surface area (Å²) in [6.45, 7) is 1.58. The van der Waals surface area contributed by atoms with Gasteiger partial charge in [-0.3, -0.25) is 0 Å². The number of nitrogens with zero attached hydrogens (tertiary/aromatic N) is 2. The fourth-order valence-electron chi connectivity index (χ4n) is 2.65. The standard InChI is InChI=1S/C18H16ClN5/c19-16-11-21-18-23-15-6-2-4-13(8-15)10-20-9-12-3-1-5-14(7-12)22-17(16)24-18/h1-8,11,20H,9-10H2,(H2,21,22,23,24). The van der Waals surface area contributed by atoms with Crippen LogP contribution in [-0.2, 0) is 13.1 Å². The third-order valence-corrected chi connectivity index (χ3v) is 4.05. The third-order valence-electron chi connectivity index (χ3n) is 3.78. The van der Waals surface area contributed by atoms with Gasteiger partial charge in [0, 0.05) is 24.5 Å². The summed E-state index contributed by atoms with van der Waals surface area (Å²) >= 11 is 6.23. The number of hydrogen-bond donors (Lipinski definition) is 3. The van der Waals surface area contributed by atoms with Crippen LogP contribution in [0, 0.1) is 0 Å². The maximum absolute atomic E-state index is 6.23. The van der Waals surface area contributed by atoms with Crippen LogP contribution in [0.2, 0.25) is 5.02 Å². The summed E-state index contributed by atoms with van der Waals surface area (Å²) in [5.74, 6) is 1.08. The van der Waals surface area contributed by atoms with Crippen molar-refractivity contribution >= 4 is 34.7 Å². The molecule has 4 rings (SSSR count). The van der Waals surface area contributed by atoms with Crippen molar-refractivity contribution in [2.75, 3.05) is 10.6 Å². The smallest absolute Gasteiger partial charge is 0.229 e. The Hall–Kier alpha value is -2.63. The lowest BCUT2D eigenvalue weighted by molar-refractivity contribution is 0.694. The minimum absolute atomic E-state index is 0.477. The molecule has 0 radical (unpaired) electrons. The van der Waals surface area contributed by atoms with Gasteiger partial charge in [0.1, 0.15) is 5.02 Å². The van der Waals surface area contributed by atoms with Crippen molar-refractivity contribution in [1.82, 2.24) is 15.3 Å². The molecule has 1 aromatic heterocycles. The maximum atomic E-state index is 6.23. The van der Waals surface area contributed by atoms with Crippen molar-refractivity contribution in [2.45, 2.75) is 13.1 Å². The van der Waals surface area contributed by atoms with Gasteiger partial charge >= 0.3 is 0 Å². The average molecular weight is 338 g/mol. The van der Waals surface area contributed by atoms with E-state index in [0.29, 0.717) is 16.8 Å². The Kier molecular flexibility index (Phi) is 4.02. The van der Waals surface area contributed by atoms with E-state index in [9.17, 15) is 0 Å².